The van der Waals surface area contributed by atoms with Gasteiger partial charge in [-0.2, -0.15) is 0 Å². The summed E-state index contributed by atoms with van der Waals surface area (Å²) >= 11 is 0. The van der Waals surface area contributed by atoms with Gasteiger partial charge < -0.3 is 10.6 Å². The van der Waals surface area contributed by atoms with Gasteiger partial charge in [0.1, 0.15) is 0 Å². The quantitative estimate of drug-likeness (QED) is 0.775. The second kappa shape index (κ2) is 10.0. The van der Waals surface area contributed by atoms with Crippen molar-refractivity contribution >= 4 is 17.5 Å². The third kappa shape index (κ3) is 5.42. The first-order chi connectivity index (χ1) is 13.7. The van der Waals surface area contributed by atoms with Crippen molar-refractivity contribution in [1.82, 2.24) is 10.2 Å². The van der Waals surface area contributed by atoms with Crippen LogP contribution in [0.3, 0.4) is 0 Å². The molecule has 2 amide bonds. The smallest absolute Gasteiger partial charge is 0.237 e. The highest BCUT2D eigenvalue weighted by Crippen LogP contribution is 2.21. The average molecular weight is 380 g/mol. The van der Waals surface area contributed by atoms with Crippen molar-refractivity contribution in [2.45, 2.75) is 38.8 Å². The third-order valence-corrected chi connectivity index (χ3v) is 5.30. The molecule has 0 aliphatic carbocycles. The molecule has 148 valence electrons. The molecular formula is C23H29N3O2. The topological polar surface area (TPSA) is 61.4 Å². The number of hydrogen-bond donors (Lipinski definition) is 2. The SMILES string of the molecule is CCC(C(=O)NCc1ccccc1)N1CCCC(C(=O)Nc2ccccc2)C1. The minimum Gasteiger partial charge on any atom is -0.351 e. The summed E-state index contributed by atoms with van der Waals surface area (Å²) in [5, 5.41) is 6.05. The minimum absolute atomic E-state index is 0.0375. The number of nitrogens with zero attached hydrogens (tertiary/aromatic N) is 1. The molecule has 3 rings (SSSR count). The van der Waals surface area contributed by atoms with E-state index in [0.29, 0.717) is 13.1 Å². The van der Waals surface area contributed by atoms with E-state index in [9.17, 15) is 9.59 Å². The van der Waals surface area contributed by atoms with Crippen LogP contribution in [0.1, 0.15) is 31.7 Å². The fraction of sp³-hybridized carbons (Fsp3) is 0.391. The molecule has 5 nitrogen and oxygen atoms in total. The monoisotopic (exact) mass is 379 g/mol. The van der Waals surface area contributed by atoms with E-state index in [4.69, 9.17) is 0 Å². The van der Waals surface area contributed by atoms with E-state index < -0.39 is 0 Å². The molecule has 2 unspecified atom stereocenters. The molecule has 1 heterocycles. The Morgan fingerprint density at radius 2 is 1.75 bits per heavy atom. The van der Waals surface area contributed by atoms with Crippen molar-refractivity contribution in [3.8, 4) is 0 Å². The molecule has 2 aromatic carbocycles. The molecule has 5 heteroatoms. The first-order valence-corrected chi connectivity index (χ1v) is 10.1. The van der Waals surface area contributed by atoms with Crippen LogP contribution in [-0.2, 0) is 16.1 Å². The molecule has 0 aromatic heterocycles. The number of benzene rings is 2. The number of rotatable bonds is 7. The van der Waals surface area contributed by atoms with E-state index in [1.54, 1.807) is 0 Å². The van der Waals surface area contributed by atoms with Gasteiger partial charge in [-0.25, -0.2) is 0 Å². The molecule has 1 fully saturated rings. The maximum atomic E-state index is 12.8. The highest BCUT2D eigenvalue weighted by atomic mass is 16.2. The van der Waals surface area contributed by atoms with Crippen molar-refractivity contribution in [1.29, 1.82) is 0 Å². The van der Waals surface area contributed by atoms with Crippen LogP contribution in [0, 0.1) is 5.92 Å². The van der Waals surface area contributed by atoms with Gasteiger partial charge in [-0.1, -0.05) is 55.5 Å². The van der Waals surface area contributed by atoms with Crippen molar-refractivity contribution in [2.75, 3.05) is 18.4 Å². The zero-order valence-corrected chi connectivity index (χ0v) is 16.4. The Bertz CT molecular complexity index is 764. The Morgan fingerprint density at radius 3 is 2.43 bits per heavy atom. The van der Waals surface area contributed by atoms with Gasteiger partial charge in [0, 0.05) is 18.8 Å². The number of amides is 2. The Kier molecular flexibility index (Phi) is 7.20. The van der Waals surface area contributed by atoms with Gasteiger partial charge in [0.05, 0.1) is 12.0 Å². The lowest BCUT2D eigenvalue weighted by Crippen LogP contribution is -2.51. The lowest BCUT2D eigenvalue weighted by molar-refractivity contribution is -0.130. The van der Waals surface area contributed by atoms with Crippen LogP contribution < -0.4 is 10.6 Å². The summed E-state index contributed by atoms with van der Waals surface area (Å²) in [5.41, 5.74) is 1.90. The summed E-state index contributed by atoms with van der Waals surface area (Å²) in [5.74, 6) is -0.0177. The van der Waals surface area contributed by atoms with Crippen LogP contribution in [-0.4, -0.2) is 35.8 Å². The predicted octanol–water partition coefficient (Wildman–Crippen LogP) is 3.43. The normalized spacial score (nSPS) is 18.2. The first-order valence-electron chi connectivity index (χ1n) is 10.1. The summed E-state index contributed by atoms with van der Waals surface area (Å²) in [4.78, 5) is 27.6. The molecule has 0 saturated carbocycles. The highest BCUT2D eigenvalue weighted by Gasteiger charge is 2.32. The maximum Gasteiger partial charge on any atom is 0.237 e. The van der Waals surface area contributed by atoms with Gasteiger partial charge in [0.2, 0.25) is 11.8 Å². The summed E-state index contributed by atoms with van der Waals surface area (Å²) in [7, 11) is 0. The van der Waals surface area contributed by atoms with E-state index >= 15 is 0 Å². The number of nitrogens with one attached hydrogen (secondary N) is 2. The predicted molar refractivity (Wildman–Crippen MR) is 112 cm³/mol. The van der Waals surface area contributed by atoms with Gasteiger partial charge in [-0.05, 0) is 43.5 Å². The largest absolute Gasteiger partial charge is 0.351 e. The van der Waals surface area contributed by atoms with Gasteiger partial charge >= 0.3 is 0 Å². The first kappa shape index (κ1) is 20.1. The average Bonchev–Trinajstić information content (AvgIpc) is 2.74. The summed E-state index contributed by atoms with van der Waals surface area (Å²) in [6.45, 7) is 4.03. The van der Waals surface area contributed by atoms with Gasteiger partial charge in [-0.15, -0.1) is 0 Å². The van der Waals surface area contributed by atoms with Crippen LogP contribution >= 0.6 is 0 Å². The third-order valence-electron chi connectivity index (χ3n) is 5.30. The van der Waals surface area contributed by atoms with Crippen molar-refractivity contribution in [3.05, 3.63) is 66.2 Å². The lowest BCUT2D eigenvalue weighted by atomic mass is 9.95. The van der Waals surface area contributed by atoms with E-state index in [-0.39, 0.29) is 23.8 Å². The Morgan fingerprint density at radius 1 is 1.07 bits per heavy atom. The van der Waals surface area contributed by atoms with E-state index in [1.165, 1.54) is 0 Å². The van der Waals surface area contributed by atoms with Gasteiger partial charge in [0.15, 0.2) is 0 Å². The molecule has 0 radical (unpaired) electrons. The molecule has 0 bridgehead atoms. The molecule has 2 atom stereocenters. The van der Waals surface area contributed by atoms with E-state index in [0.717, 1.165) is 37.1 Å². The number of likely N-dealkylation sites (tertiary alicyclic amines) is 1. The molecule has 1 aliphatic rings. The number of carbonyl (C=O) groups is 2. The standard InChI is InChI=1S/C23H29N3O2/c1-2-21(23(28)24-16-18-10-5-3-6-11-18)26-15-9-12-19(17-26)22(27)25-20-13-7-4-8-14-20/h3-8,10-11,13-14,19,21H,2,9,12,15-17H2,1H3,(H,24,28)(H,25,27). The Hall–Kier alpha value is -2.66. The van der Waals surface area contributed by atoms with Crippen molar-refractivity contribution in [3.63, 3.8) is 0 Å². The molecule has 1 aliphatic heterocycles. The van der Waals surface area contributed by atoms with Crippen molar-refractivity contribution in [2.24, 2.45) is 5.92 Å². The fourth-order valence-corrected chi connectivity index (χ4v) is 3.78. The number of para-hydroxylation sites is 1. The Balaban J connectivity index is 1.56. The van der Waals surface area contributed by atoms with E-state index in [2.05, 4.69) is 15.5 Å². The van der Waals surface area contributed by atoms with Crippen molar-refractivity contribution < 1.29 is 9.59 Å². The molecule has 2 aromatic rings. The number of anilines is 1. The molecule has 1 saturated heterocycles. The van der Waals surface area contributed by atoms with Crippen LogP contribution in [0.15, 0.2) is 60.7 Å². The molecular weight excluding hydrogens is 350 g/mol. The lowest BCUT2D eigenvalue weighted by Gasteiger charge is -2.36. The zero-order valence-electron chi connectivity index (χ0n) is 16.4. The zero-order chi connectivity index (χ0) is 19.8. The maximum absolute atomic E-state index is 12.8. The molecule has 2 N–H and O–H groups in total. The van der Waals surface area contributed by atoms with Gasteiger partial charge in [-0.3, -0.25) is 14.5 Å². The summed E-state index contributed by atoms with van der Waals surface area (Å²) < 4.78 is 0. The van der Waals surface area contributed by atoms with Crippen LogP contribution in [0.4, 0.5) is 5.69 Å². The van der Waals surface area contributed by atoms with E-state index in [1.807, 2.05) is 67.6 Å². The van der Waals surface area contributed by atoms with Gasteiger partial charge in [0.25, 0.3) is 0 Å². The van der Waals surface area contributed by atoms with Crippen LogP contribution in [0.25, 0.3) is 0 Å². The minimum atomic E-state index is -0.198. The number of hydrogen-bond acceptors (Lipinski definition) is 3. The Labute approximate surface area is 167 Å². The fourth-order valence-electron chi connectivity index (χ4n) is 3.78. The number of piperidine rings is 1. The van der Waals surface area contributed by atoms with Crippen LogP contribution in [0.5, 0.6) is 0 Å². The summed E-state index contributed by atoms with van der Waals surface area (Å²) in [6.07, 6.45) is 2.51. The highest BCUT2D eigenvalue weighted by molar-refractivity contribution is 5.92. The second-order valence-electron chi connectivity index (χ2n) is 7.32. The molecule has 28 heavy (non-hydrogen) atoms. The molecule has 0 spiro atoms. The number of carbonyl (C=O) groups excluding carboxylic acids is 2. The summed E-state index contributed by atoms with van der Waals surface area (Å²) in [6, 6.07) is 19.3. The second-order valence-corrected chi connectivity index (χ2v) is 7.32. The van der Waals surface area contributed by atoms with Crippen LogP contribution in [0.2, 0.25) is 0 Å².